The Kier molecular flexibility index (Phi) is 9.59. The van der Waals surface area contributed by atoms with Gasteiger partial charge in [-0.3, -0.25) is 0 Å². The summed E-state index contributed by atoms with van der Waals surface area (Å²) in [6.45, 7) is 2.31. The standard InChI is InChI=1S/C28H43N/c1-2-3-4-5-6-7-23-14-18-27(19-15-23)28-20-16-25(17-21-28)9-8-24-10-12-26(22-29)13-11-24/h10-13,23,25,27-28H,2-9,14-21H2,1H3/t23-,25?,27-,28?. The molecule has 0 unspecified atom stereocenters. The fourth-order valence-corrected chi connectivity index (χ4v) is 6.05. The Morgan fingerprint density at radius 2 is 1.28 bits per heavy atom. The molecular formula is C28H43N. The van der Waals surface area contributed by atoms with Gasteiger partial charge in [-0.2, -0.15) is 5.26 Å². The first-order valence-corrected chi connectivity index (χ1v) is 12.8. The molecule has 2 saturated carbocycles. The Hall–Kier alpha value is -1.29. The Bertz CT molecular complexity index is 594. The summed E-state index contributed by atoms with van der Waals surface area (Å²) >= 11 is 0. The van der Waals surface area contributed by atoms with Crippen molar-refractivity contribution < 1.29 is 0 Å². The van der Waals surface area contributed by atoms with E-state index in [0.717, 1.165) is 29.2 Å². The average Bonchev–Trinajstić information content (AvgIpc) is 2.79. The second-order valence-electron chi connectivity index (χ2n) is 10.1. The summed E-state index contributed by atoms with van der Waals surface area (Å²) in [5.74, 6) is 4.07. The van der Waals surface area contributed by atoms with E-state index in [4.69, 9.17) is 5.26 Å². The van der Waals surface area contributed by atoms with Crippen LogP contribution in [0.5, 0.6) is 0 Å². The second-order valence-corrected chi connectivity index (χ2v) is 10.1. The van der Waals surface area contributed by atoms with Crippen LogP contribution in [0.1, 0.15) is 114 Å². The van der Waals surface area contributed by atoms with E-state index in [-0.39, 0.29) is 0 Å². The van der Waals surface area contributed by atoms with Crippen LogP contribution in [-0.2, 0) is 6.42 Å². The molecule has 0 bridgehead atoms. The fourth-order valence-electron chi connectivity index (χ4n) is 6.05. The van der Waals surface area contributed by atoms with Crippen molar-refractivity contribution in [2.24, 2.45) is 23.7 Å². The predicted octanol–water partition coefficient (Wildman–Crippen LogP) is 8.46. The first-order chi connectivity index (χ1) is 14.3. The molecule has 2 aliphatic rings. The quantitative estimate of drug-likeness (QED) is 0.366. The molecule has 2 aliphatic carbocycles. The lowest BCUT2D eigenvalue weighted by Gasteiger charge is -2.38. The maximum absolute atomic E-state index is 8.93. The minimum absolute atomic E-state index is 0.778. The first kappa shape index (κ1) is 22.4. The summed E-state index contributed by atoms with van der Waals surface area (Å²) in [7, 11) is 0. The van der Waals surface area contributed by atoms with Gasteiger partial charge in [0.25, 0.3) is 0 Å². The fraction of sp³-hybridized carbons (Fsp3) is 0.750. The zero-order valence-corrected chi connectivity index (χ0v) is 18.9. The monoisotopic (exact) mass is 393 g/mol. The van der Waals surface area contributed by atoms with Crippen LogP contribution < -0.4 is 0 Å². The molecule has 0 spiro atoms. The van der Waals surface area contributed by atoms with Gasteiger partial charge in [-0.1, -0.05) is 83.3 Å². The van der Waals surface area contributed by atoms with Gasteiger partial charge in [0.2, 0.25) is 0 Å². The van der Waals surface area contributed by atoms with Crippen LogP contribution in [0.2, 0.25) is 0 Å². The number of aryl methyl sites for hydroxylation is 1. The third-order valence-corrected chi connectivity index (χ3v) is 8.09. The predicted molar refractivity (Wildman–Crippen MR) is 124 cm³/mol. The molecule has 0 aliphatic heterocycles. The van der Waals surface area contributed by atoms with Crippen molar-refractivity contribution in [2.75, 3.05) is 0 Å². The Morgan fingerprint density at radius 1 is 0.724 bits per heavy atom. The topological polar surface area (TPSA) is 23.8 Å². The highest BCUT2D eigenvalue weighted by Crippen LogP contribution is 2.43. The van der Waals surface area contributed by atoms with Gasteiger partial charge in [0.1, 0.15) is 0 Å². The molecule has 0 atom stereocenters. The number of benzene rings is 1. The van der Waals surface area contributed by atoms with E-state index in [1.54, 1.807) is 0 Å². The van der Waals surface area contributed by atoms with Gasteiger partial charge in [0, 0.05) is 0 Å². The molecule has 0 amide bonds. The van der Waals surface area contributed by atoms with Crippen LogP contribution in [0.15, 0.2) is 24.3 Å². The zero-order chi connectivity index (χ0) is 20.3. The van der Waals surface area contributed by atoms with Gasteiger partial charge in [-0.15, -0.1) is 0 Å². The Labute approximate surface area is 180 Å². The van der Waals surface area contributed by atoms with Crippen molar-refractivity contribution in [3.8, 4) is 6.07 Å². The van der Waals surface area contributed by atoms with Crippen LogP contribution in [0.4, 0.5) is 0 Å². The third kappa shape index (κ3) is 7.47. The molecule has 1 aromatic carbocycles. The molecule has 0 N–H and O–H groups in total. The van der Waals surface area contributed by atoms with Gasteiger partial charge in [0.15, 0.2) is 0 Å². The van der Waals surface area contributed by atoms with Crippen molar-refractivity contribution in [1.29, 1.82) is 5.26 Å². The number of nitrogens with zero attached hydrogens (tertiary/aromatic N) is 1. The third-order valence-electron chi connectivity index (χ3n) is 8.09. The van der Waals surface area contributed by atoms with Gasteiger partial charge >= 0.3 is 0 Å². The number of unbranched alkanes of at least 4 members (excludes halogenated alkanes) is 4. The van der Waals surface area contributed by atoms with E-state index in [9.17, 15) is 0 Å². The van der Waals surface area contributed by atoms with Gasteiger partial charge in [-0.05, 0) is 79.9 Å². The molecular weight excluding hydrogens is 350 g/mol. The van der Waals surface area contributed by atoms with Crippen LogP contribution in [0.3, 0.4) is 0 Å². The smallest absolute Gasteiger partial charge is 0.0991 e. The molecule has 2 fully saturated rings. The SMILES string of the molecule is CCCCCCC[C@H]1CC[C@H](C2CCC(CCc3ccc(C#N)cc3)CC2)CC1. The summed E-state index contributed by atoms with van der Waals surface area (Å²) in [5, 5.41) is 8.93. The summed E-state index contributed by atoms with van der Waals surface area (Å²) in [6, 6.07) is 10.4. The van der Waals surface area contributed by atoms with Crippen molar-refractivity contribution in [1.82, 2.24) is 0 Å². The molecule has 1 aromatic rings. The van der Waals surface area contributed by atoms with Crippen molar-refractivity contribution >= 4 is 0 Å². The minimum atomic E-state index is 0.778. The van der Waals surface area contributed by atoms with E-state index in [2.05, 4.69) is 25.1 Å². The lowest BCUT2D eigenvalue weighted by molar-refractivity contribution is 0.140. The van der Waals surface area contributed by atoms with E-state index >= 15 is 0 Å². The highest BCUT2D eigenvalue weighted by atomic mass is 14.4. The zero-order valence-electron chi connectivity index (χ0n) is 18.9. The maximum atomic E-state index is 8.93. The van der Waals surface area contributed by atoms with Crippen LogP contribution in [0.25, 0.3) is 0 Å². The highest BCUT2D eigenvalue weighted by molar-refractivity contribution is 5.31. The number of hydrogen-bond donors (Lipinski definition) is 0. The molecule has 1 nitrogen and oxygen atoms in total. The van der Waals surface area contributed by atoms with E-state index < -0.39 is 0 Å². The Morgan fingerprint density at radius 3 is 1.83 bits per heavy atom. The largest absolute Gasteiger partial charge is 0.192 e. The summed E-state index contributed by atoms with van der Waals surface area (Å²) in [6.07, 6.45) is 23.2. The second kappa shape index (κ2) is 12.4. The first-order valence-electron chi connectivity index (χ1n) is 12.8. The molecule has 0 heterocycles. The maximum Gasteiger partial charge on any atom is 0.0991 e. The average molecular weight is 394 g/mol. The molecule has 29 heavy (non-hydrogen) atoms. The highest BCUT2D eigenvalue weighted by Gasteiger charge is 2.30. The molecule has 0 saturated heterocycles. The summed E-state index contributed by atoms with van der Waals surface area (Å²) in [4.78, 5) is 0. The summed E-state index contributed by atoms with van der Waals surface area (Å²) in [5.41, 5.74) is 2.18. The molecule has 3 rings (SSSR count). The van der Waals surface area contributed by atoms with Crippen LogP contribution >= 0.6 is 0 Å². The Balaban J connectivity index is 1.28. The van der Waals surface area contributed by atoms with Crippen LogP contribution in [0, 0.1) is 35.0 Å². The van der Waals surface area contributed by atoms with E-state index in [1.165, 1.54) is 108 Å². The van der Waals surface area contributed by atoms with Crippen molar-refractivity contribution in [3.63, 3.8) is 0 Å². The van der Waals surface area contributed by atoms with E-state index in [1.807, 2.05) is 12.1 Å². The lowest BCUT2D eigenvalue weighted by atomic mass is 9.68. The van der Waals surface area contributed by atoms with Gasteiger partial charge in [0.05, 0.1) is 11.6 Å². The summed E-state index contributed by atoms with van der Waals surface area (Å²) < 4.78 is 0. The van der Waals surface area contributed by atoms with Gasteiger partial charge in [-0.25, -0.2) is 0 Å². The molecule has 160 valence electrons. The minimum Gasteiger partial charge on any atom is -0.192 e. The van der Waals surface area contributed by atoms with Crippen LogP contribution in [-0.4, -0.2) is 0 Å². The number of nitriles is 1. The lowest BCUT2D eigenvalue weighted by Crippen LogP contribution is -2.26. The molecule has 1 heteroatoms. The molecule has 0 aromatic heterocycles. The van der Waals surface area contributed by atoms with Crippen molar-refractivity contribution in [2.45, 2.75) is 110 Å². The van der Waals surface area contributed by atoms with Crippen molar-refractivity contribution in [3.05, 3.63) is 35.4 Å². The van der Waals surface area contributed by atoms with E-state index in [0.29, 0.717) is 0 Å². The normalized spacial score (nSPS) is 27.4. The number of rotatable bonds is 10. The molecule has 0 radical (unpaired) electrons. The number of hydrogen-bond acceptors (Lipinski definition) is 1. The van der Waals surface area contributed by atoms with Gasteiger partial charge < -0.3 is 0 Å².